The minimum atomic E-state index is -1.52. The zero-order valence-corrected chi connectivity index (χ0v) is 52.3. The smallest absolute Gasteiger partial charge is 0.488 e. The maximum absolute atomic E-state index is 9.51. The Morgan fingerprint density at radius 1 is 0.385 bits per heavy atom. The van der Waals surface area contributed by atoms with E-state index < -0.39 is 28.5 Å². The van der Waals surface area contributed by atoms with Gasteiger partial charge in [-0.3, -0.25) is 0 Å². The Balaban J connectivity index is 0.000000157. The molecule has 0 saturated carbocycles. The molecule has 0 fully saturated rings. The van der Waals surface area contributed by atoms with Crippen molar-refractivity contribution in [3.8, 4) is 5.75 Å². The van der Waals surface area contributed by atoms with E-state index in [9.17, 15) is 40.2 Å². The third-order valence-corrected chi connectivity index (χ3v) is 14.9. The average molecular weight is 1210 g/mol. The van der Waals surface area contributed by atoms with Crippen molar-refractivity contribution in [2.75, 3.05) is 44.6 Å². The van der Waals surface area contributed by atoms with Gasteiger partial charge < -0.3 is 59.1 Å². The van der Waals surface area contributed by atoms with E-state index in [-0.39, 0.29) is 0 Å². The molecule has 0 amide bonds. The fraction of sp³-hybridized carbons (Fsp3) is 0.120. The number of anilines is 2. The van der Waals surface area contributed by atoms with Crippen LogP contribution in [0.4, 0.5) is 11.4 Å². The molecular weight excluding hydrogens is 1130 g/mol. The van der Waals surface area contributed by atoms with E-state index in [0.717, 1.165) is 61.4 Å². The van der Waals surface area contributed by atoms with E-state index >= 15 is 0 Å². The van der Waals surface area contributed by atoms with Crippen molar-refractivity contribution >= 4 is 143 Å². The van der Waals surface area contributed by atoms with E-state index in [1.807, 2.05) is 166 Å². The minimum Gasteiger partial charge on any atom is -0.494 e. The Morgan fingerprint density at radius 2 is 0.736 bits per heavy atom. The fourth-order valence-electron chi connectivity index (χ4n) is 10.1. The predicted molar refractivity (Wildman–Crippen MR) is 385 cm³/mol. The summed E-state index contributed by atoms with van der Waals surface area (Å²) in [5, 5.41) is 82.7. The van der Waals surface area contributed by atoms with Gasteiger partial charge in [0.1, 0.15) is 5.75 Å². The van der Waals surface area contributed by atoms with Crippen molar-refractivity contribution in [3.63, 3.8) is 0 Å². The quantitative estimate of drug-likeness (QED) is 0.0319. The highest BCUT2D eigenvalue weighted by atomic mass is 16.5. The number of benzene rings is 10. The molecule has 0 radical (unpaired) electrons. The first-order valence-corrected chi connectivity index (χ1v) is 30.0. The van der Waals surface area contributed by atoms with Crippen LogP contribution in [0.3, 0.4) is 0 Å². The fourth-order valence-corrected chi connectivity index (χ4v) is 10.1. The first kappa shape index (κ1) is 67.5. The number of hydrogen-bond donors (Lipinski definition) is 8. The second-order valence-electron chi connectivity index (χ2n) is 22.5. The van der Waals surface area contributed by atoms with Gasteiger partial charge in [-0.15, -0.1) is 0 Å². The van der Waals surface area contributed by atoms with Crippen molar-refractivity contribution in [2.24, 2.45) is 0 Å². The molecule has 1 heterocycles. The topological polar surface area (TPSA) is 191 Å². The summed E-state index contributed by atoms with van der Waals surface area (Å²) in [4.78, 5) is 3.86. The summed E-state index contributed by atoms with van der Waals surface area (Å²) in [5.41, 5.74) is 12.8. The second-order valence-corrected chi connectivity index (χ2v) is 22.5. The van der Waals surface area contributed by atoms with Crippen molar-refractivity contribution in [3.05, 3.63) is 269 Å². The number of hydrogen-bond acceptors (Lipinski definition) is 12. The zero-order chi connectivity index (χ0) is 65.0. The van der Waals surface area contributed by atoms with Gasteiger partial charge in [0.15, 0.2) is 0 Å². The molecule has 1 aromatic heterocycles. The molecule has 0 aliphatic rings. The lowest BCUT2D eigenvalue weighted by Crippen LogP contribution is -2.30. The molecule has 0 aliphatic heterocycles. The van der Waals surface area contributed by atoms with Gasteiger partial charge in [0.2, 0.25) is 0 Å². The number of ether oxygens (including phenoxy) is 1. The summed E-state index contributed by atoms with van der Waals surface area (Å²) in [6.45, 7) is 6.62. The molecule has 10 aromatic carbocycles. The summed E-state index contributed by atoms with van der Waals surface area (Å²) >= 11 is 0. The third-order valence-electron chi connectivity index (χ3n) is 14.9. The lowest BCUT2D eigenvalue weighted by Gasteiger charge is -2.15. The molecule has 12 nitrogen and oxygen atoms in total. The van der Waals surface area contributed by atoms with Crippen LogP contribution in [0.15, 0.2) is 223 Å². The monoisotopic (exact) mass is 1210 g/mol. The Labute approximate surface area is 535 Å². The van der Waals surface area contributed by atoms with E-state index in [1.54, 1.807) is 48.9 Å². The van der Waals surface area contributed by atoms with E-state index in [2.05, 4.69) is 111 Å². The largest absolute Gasteiger partial charge is 0.494 e. The molecular formula is C75H76B4N2O10. The van der Waals surface area contributed by atoms with Crippen LogP contribution < -0.4 is 36.4 Å². The second kappa shape index (κ2) is 32.9. The van der Waals surface area contributed by atoms with Gasteiger partial charge in [0.05, 0.1) is 19.1 Å². The molecule has 0 spiro atoms. The molecule has 11 aromatic rings. The van der Waals surface area contributed by atoms with E-state index in [0.29, 0.717) is 40.1 Å². The first-order chi connectivity index (χ1) is 43.8. The van der Waals surface area contributed by atoms with Gasteiger partial charge in [-0.1, -0.05) is 226 Å². The summed E-state index contributed by atoms with van der Waals surface area (Å²) in [6, 6.07) is 67.4. The minimum absolute atomic E-state index is 0.327. The molecule has 0 unspecified atom stereocenters. The van der Waals surface area contributed by atoms with E-state index in [1.165, 1.54) is 32.3 Å². The molecule has 0 bridgehead atoms. The Kier molecular flexibility index (Phi) is 24.4. The maximum atomic E-state index is 9.51. The van der Waals surface area contributed by atoms with Crippen molar-refractivity contribution in [1.29, 1.82) is 0 Å². The van der Waals surface area contributed by atoms with Crippen LogP contribution in [0.2, 0.25) is 0 Å². The van der Waals surface area contributed by atoms with Crippen molar-refractivity contribution in [1.82, 2.24) is 0 Å². The Bertz CT molecular complexity index is 4050. The van der Waals surface area contributed by atoms with Crippen LogP contribution in [0, 0.1) is 0 Å². The van der Waals surface area contributed by atoms with Crippen molar-refractivity contribution < 1.29 is 49.3 Å². The van der Waals surface area contributed by atoms with Crippen LogP contribution in [0.25, 0.3) is 80.9 Å². The molecule has 8 N–H and O–H groups in total. The normalized spacial score (nSPS) is 11.2. The summed E-state index contributed by atoms with van der Waals surface area (Å²) < 4.78 is 10.5. The van der Waals surface area contributed by atoms with Gasteiger partial charge >= 0.3 is 28.5 Å². The molecule has 91 heavy (non-hydrogen) atoms. The van der Waals surface area contributed by atoms with Crippen LogP contribution >= 0.6 is 0 Å². The first-order valence-electron chi connectivity index (χ1n) is 30.0. The number of fused-ring (bicyclic) bond motifs is 3. The highest BCUT2D eigenvalue weighted by Gasteiger charge is 2.17. The summed E-state index contributed by atoms with van der Waals surface area (Å²) in [6.07, 6.45) is 19.2. The van der Waals surface area contributed by atoms with Gasteiger partial charge in [-0.05, 0) is 154 Å². The Hall–Kier alpha value is -9.44. The molecule has 458 valence electrons. The Morgan fingerprint density at radius 3 is 1.11 bits per heavy atom. The lowest BCUT2D eigenvalue weighted by atomic mass is 9.77. The average Bonchev–Trinajstić information content (AvgIpc) is 4.17. The lowest BCUT2D eigenvalue weighted by molar-refractivity contribution is 0.340. The zero-order valence-electron chi connectivity index (χ0n) is 52.3. The van der Waals surface area contributed by atoms with E-state index in [4.69, 9.17) is 9.15 Å². The highest BCUT2D eigenvalue weighted by molar-refractivity contribution is 6.60. The van der Waals surface area contributed by atoms with Crippen molar-refractivity contribution in [2.45, 2.75) is 26.7 Å². The number of furan rings is 1. The summed E-state index contributed by atoms with van der Waals surface area (Å²) in [7, 11) is 1.76. The maximum Gasteiger partial charge on any atom is 0.488 e. The van der Waals surface area contributed by atoms with Crippen LogP contribution in [-0.4, -0.2) is 103 Å². The van der Waals surface area contributed by atoms with Gasteiger partial charge in [-0.25, -0.2) is 0 Å². The number of nitrogens with zero attached hydrogens (tertiary/aromatic N) is 2. The van der Waals surface area contributed by atoms with Crippen LogP contribution in [0.1, 0.15) is 76.8 Å². The molecule has 16 heteroatoms. The molecule has 0 atom stereocenters. The third kappa shape index (κ3) is 19.5. The van der Waals surface area contributed by atoms with Crippen LogP contribution in [-0.2, 0) is 0 Å². The molecule has 11 rings (SSSR count). The predicted octanol–water partition coefficient (Wildman–Crippen LogP) is 10.9. The van der Waals surface area contributed by atoms with Gasteiger partial charge in [0, 0.05) is 45.1 Å². The SMILES string of the molecule is CC(C)c1cc(/C=C/c2cccc3ccccc23)cc(B(O)O)c1.CCOc1cc(/C=C/c2cccc3ccccc23)cc(B(O)O)c1.CN(C)c1cc(/C=C/c2cccc3ccccc23)cc(B(O)O)c1.CN(C)c1cc(/C=C/c2ccoc2)cc(B(O)O)c1. The molecule has 0 saturated heterocycles. The highest BCUT2D eigenvalue weighted by Crippen LogP contribution is 2.26. The van der Waals surface area contributed by atoms with Crippen LogP contribution in [0.5, 0.6) is 5.75 Å². The summed E-state index contributed by atoms with van der Waals surface area (Å²) in [5.74, 6) is 0.953. The number of rotatable bonds is 17. The van der Waals surface area contributed by atoms with Gasteiger partial charge in [-0.2, -0.15) is 0 Å². The standard InChI is InChI=1S/C21H21BO2.C20H20BNO2.C20H19BO3.C14H16BNO3/c1-15(2)19-12-16(13-20(14-19)22(23)24)10-11-18-8-5-7-17-6-3-4-9-21(17)18;1-22(2)19-13-15(12-18(14-19)21(23)24)10-11-17-8-5-7-16-6-3-4-9-20(16)17;1-2-24-19-13-15(12-18(14-19)21(22)23)10-11-17-8-5-7-16-6-3-4-9-20(16)17;1-16(2)14-8-12(7-13(9-14)15(17)18)4-3-11-5-6-19-10-11/h3-15,23-24H,1-2H3;3-14,23-24H,1-2H3;3-14,22-23H,2H2,1H3;3-10,17-18H,1-2H3/b3*11-10+;4-3+. The molecule has 0 aliphatic carbocycles. The van der Waals surface area contributed by atoms with Gasteiger partial charge in [0.25, 0.3) is 0 Å².